The van der Waals surface area contributed by atoms with Gasteiger partial charge in [-0.15, -0.1) is 0 Å². The van der Waals surface area contributed by atoms with Crippen molar-refractivity contribution in [3.63, 3.8) is 0 Å². The van der Waals surface area contributed by atoms with E-state index in [9.17, 15) is 4.79 Å². The Morgan fingerprint density at radius 3 is 2.86 bits per heavy atom. The number of carbonyl (C=O) groups is 1. The molecular weight excluding hydrogens is 268 g/mol. The summed E-state index contributed by atoms with van der Waals surface area (Å²) in [5, 5.41) is 6.02. The summed E-state index contributed by atoms with van der Waals surface area (Å²) in [5.74, 6) is 1.53. The lowest BCUT2D eigenvalue weighted by Gasteiger charge is -2.12. The Bertz CT molecular complexity index is 552. The minimum absolute atomic E-state index is 0.0206. The van der Waals surface area contributed by atoms with Gasteiger partial charge in [0.2, 0.25) is 5.91 Å². The van der Waals surface area contributed by atoms with Crippen LogP contribution in [0.1, 0.15) is 19.1 Å². The van der Waals surface area contributed by atoms with Gasteiger partial charge in [-0.3, -0.25) is 4.79 Å². The fraction of sp³-hybridized carbons (Fsp3) is 0.312. The van der Waals surface area contributed by atoms with Gasteiger partial charge < -0.3 is 19.8 Å². The van der Waals surface area contributed by atoms with Crippen LogP contribution in [0, 0.1) is 0 Å². The summed E-state index contributed by atoms with van der Waals surface area (Å²) >= 11 is 0. The van der Waals surface area contributed by atoms with Crippen molar-refractivity contribution in [1.29, 1.82) is 0 Å². The SMILES string of the molecule is CCOc1ccccc1NCCC(=O)NCc1ccco1. The Kier molecular flexibility index (Phi) is 5.70. The molecule has 0 radical (unpaired) electrons. The molecule has 5 heteroatoms. The molecule has 0 aliphatic carbocycles. The van der Waals surface area contributed by atoms with Crippen molar-refractivity contribution in [3.8, 4) is 5.75 Å². The molecule has 1 aromatic heterocycles. The first kappa shape index (κ1) is 15.0. The molecule has 0 fully saturated rings. The molecule has 2 N–H and O–H groups in total. The van der Waals surface area contributed by atoms with Crippen LogP contribution in [0.25, 0.3) is 0 Å². The molecule has 0 aliphatic rings. The summed E-state index contributed by atoms with van der Waals surface area (Å²) in [6, 6.07) is 11.3. The van der Waals surface area contributed by atoms with Crippen molar-refractivity contribution in [2.75, 3.05) is 18.5 Å². The second-order valence-corrected chi connectivity index (χ2v) is 4.46. The third-order valence-corrected chi connectivity index (χ3v) is 2.89. The van der Waals surface area contributed by atoms with Crippen LogP contribution in [-0.4, -0.2) is 19.1 Å². The fourth-order valence-electron chi connectivity index (χ4n) is 1.89. The zero-order valence-corrected chi connectivity index (χ0v) is 12.1. The van der Waals surface area contributed by atoms with E-state index in [0.717, 1.165) is 17.2 Å². The minimum atomic E-state index is -0.0206. The molecule has 0 spiro atoms. The van der Waals surface area contributed by atoms with Crippen molar-refractivity contribution in [3.05, 3.63) is 48.4 Å². The van der Waals surface area contributed by atoms with Gasteiger partial charge in [-0.05, 0) is 31.2 Å². The van der Waals surface area contributed by atoms with E-state index in [2.05, 4.69) is 10.6 Å². The van der Waals surface area contributed by atoms with Crippen LogP contribution in [0.5, 0.6) is 5.75 Å². The Morgan fingerprint density at radius 1 is 1.24 bits per heavy atom. The molecule has 0 aliphatic heterocycles. The van der Waals surface area contributed by atoms with Crippen LogP contribution >= 0.6 is 0 Å². The first-order valence-electron chi connectivity index (χ1n) is 7.04. The quantitative estimate of drug-likeness (QED) is 0.784. The van der Waals surface area contributed by atoms with Crippen LogP contribution in [0.15, 0.2) is 47.1 Å². The van der Waals surface area contributed by atoms with E-state index < -0.39 is 0 Å². The maximum Gasteiger partial charge on any atom is 0.222 e. The van der Waals surface area contributed by atoms with Crippen molar-refractivity contribution in [1.82, 2.24) is 5.32 Å². The summed E-state index contributed by atoms with van der Waals surface area (Å²) < 4.78 is 10.7. The van der Waals surface area contributed by atoms with Gasteiger partial charge in [0.1, 0.15) is 11.5 Å². The van der Waals surface area contributed by atoms with Crippen LogP contribution < -0.4 is 15.4 Å². The molecule has 1 heterocycles. The topological polar surface area (TPSA) is 63.5 Å². The van der Waals surface area contributed by atoms with Gasteiger partial charge in [0.25, 0.3) is 0 Å². The molecule has 5 nitrogen and oxygen atoms in total. The van der Waals surface area contributed by atoms with Crippen LogP contribution in [0.2, 0.25) is 0 Å². The lowest BCUT2D eigenvalue weighted by molar-refractivity contribution is -0.121. The predicted octanol–water partition coefficient (Wildman–Crippen LogP) is 2.80. The normalized spacial score (nSPS) is 10.1. The first-order valence-corrected chi connectivity index (χ1v) is 7.04. The van der Waals surface area contributed by atoms with Crippen molar-refractivity contribution >= 4 is 11.6 Å². The van der Waals surface area contributed by atoms with Gasteiger partial charge >= 0.3 is 0 Å². The molecule has 0 atom stereocenters. The number of carbonyl (C=O) groups excluding carboxylic acids is 1. The number of amides is 1. The van der Waals surface area contributed by atoms with Crippen LogP contribution in [-0.2, 0) is 11.3 Å². The highest BCUT2D eigenvalue weighted by atomic mass is 16.5. The van der Waals surface area contributed by atoms with E-state index in [4.69, 9.17) is 9.15 Å². The van der Waals surface area contributed by atoms with Gasteiger partial charge in [-0.25, -0.2) is 0 Å². The smallest absolute Gasteiger partial charge is 0.222 e. The van der Waals surface area contributed by atoms with Gasteiger partial charge in [0.05, 0.1) is 25.1 Å². The molecule has 2 rings (SSSR count). The largest absolute Gasteiger partial charge is 0.492 e. The van der Waals surface area contributed by atoms with Crippen LogP contribution in [0.3, 0.4) is 0 Å². The summed E-state index contributed by atoms with van der Waals surface area (Å²) in [4.78, 5) is 11.7. The highest BCUT2D eigenvalue weighted by molar-refractivity contribution is 5.76. The second kappa shape index (κ2) is 7.99. The Hall–Kier alpha value is -2.43. The zero-order valence-electron chi connectivity index (χ0n) is 12.1. The number of benzene rings is 1. The number of hydrogen-bond donors (Lipinski definition) is 2. The molecule has 2 aromatic rings. The third-order valence-electron chi connectivity index (χ3n) is 2.89. The van der Waals surface area contributed by atoms with E-state index in [1.807, 2.05) is 37.3 Å². The van der Waals surface area contributed by atoms with Gasteiger partial charge in [-0.2, -0.15) is 0 Å². The molecule has 0 bridgehead atoms. The average Bonchev–Trinajstić information content (AvgIpc) is 3.00. The van der Waals surface area contributed by atoms with E-state index in [0.29, 0.717) is 26.1 Å². The van der Waals surface area contributed by atoms with Gasteiger partial charge in [0, 0.05) is 13.0 Å². The maximum absolute atomic E-state index is 11.7. The molecule has 0 saturated carbocycles. The number of nitrogens with one attached hydrogen (secondary N) is 2. The standard InChI is InChI=1S/C16H20N2O3/c1-2-20-15-8-4-3-7-14(15)17-10-9-16(19)18-12-13-6-5-11-21-13/h3-8,11,17H,2,9-10,12H2,1H3,(H,18,19). The zero-order chi connectivity index (χ0) is 14.9. The summed E-state index contributed by atoms with van der Waals surface area (Å²) in [6.07, 6.45) is 1.98. The Balaban J connectivity index is 1.72. The van der Waals surface area contributed by atoms with E-state index >= 15 is 0 Å². The van der Waals surface area contributed by atoms with Crippen molar-refractivity contribution in [2.24, 2.45) is 0 Å². The molecule has 1 amide bonds. The van der Waals surface area contributed by atoms with E-state index in [1.54, 1.807) is 12.3 Å². The number of para-hydroxylation sites is 2. The summed E-state index contributed by atoms with van der Waals surface area (Å²) in [5.41, 5.74) is 0.901. The molecule has 112 valence electrons. The monoisotopic (exact) mass is 288 g/mol. The lowest BCUT2D eigenvalue weighted by atomic mass is 10.3. The molecule has 0 saturated heterocycles. The highest BCUT2D eigenvalue weighted by Crippen LogP contribution is 2.23. The van der Waals surface area contributed by atoms with Crippen molar-refractivity contribution < 1.29 is 13.9 Å². The fourth-order valence-corrected chi connectivity index (χ4v) is 1.89. The number of furan rings is 1. The minimum Gasteiger partial charge on any atom is -0.492 e. The van der Waals surface area contributed by atoms with Gasteiger partial charge in [-0.1, -0.05) is 12.1 Å². The Morgan fingerprint density at radius 2 is 2.10 bits per heavy atom. The van der Waals surface area contributed by atoms with E-state index in [1.165, 1.54) is 0 Å². The maximum atomic E-state index is 11.7. The average molecular weight is 288 g/mol. The third kappa shape index (κ3) is 4.87. The Labute approximate surface area is 124 Å². The molecule has 21 heavy (non-hydrogen) atoms. The number of ether oxygens (including phenoxy) is 1. The number of anilines is 1. The molecule has 0 unspecified atom stereocenters. The highest BCUT2D eigenvalue weighted by Gasteiger charge is 2.05. The lowest BCUT2D eigenvalue weighted by Crippen LogP contribution is -2.24. The molecule has 1 aromatic carbocycles. The second-order valence-electron chi connectivity index (χ2n) is 4.46. The van der Waals surface area contributed by atoms with Crippen LogP contribution in [0.4, 0.5) is 5.69 Å². The summed E-state index contributed by atoms with van der Waals surface area (Å²) in [6.45, 7) is 3.52. The molecular formula is C16H20N2O3. The predicted molar refractivity (Wildman–Crippen MR) is 81.3 cm³/mol. The number of rotatable bonds is 8. The van der Waals surface area contributed by atoms with E-state index in [-0.39, 0.29) is 5.91 Å². The number of hydrogen-bond acceptors (Lipinski definition) is 4. The van der Waals surface area contributed by atoms with Crippen molar-refractivity contribution in [2.45, 2.75) is 19.9 Å². The first-order chi connectivity index (χ1) is 10.3. The summed E-state index contributed by atoms with van der Waals surface area (Å²) in [7, 11) is 0. The van der Waals surface area contributed by atoms with Gasteiger partial charge in [0.15, 0.2) is 0 Å².